The van der Waals surface area contributed by atoms with E-state index in [2.05, 4.69) is 20.6 Å². The molecule has 1 aromatic carbocycles. The molecule has 0 aliphatic carbocycles. The first-order chi connectivity index (χ1) is 13.4. The zero-order valence-corrected chi connectivity index (χ0v) is 16.3. The van der Waals surface area contributed by atoms with Gasteiger partial charge in [0, 0.05) is 24.5 Å². The van der Waals surface area contributed by atoms with Gasteiger partial charge in [0.2, 0.25) is 17.8 Å². The van der Waals surface area contributed by atoms with Crippen LogP contribution in [0.4, 0.5) is 23.3 Å². The van der Waals surface area contributed by atoms with Crippen LogP contribution in [0.15, 0.2) is 18.2 Å². The summed E-state index contributed by atoms with van der Waals surface area (Å²) in [6, 6.07) is 4.74. The molecule has 146 valence electrons. The van der Waals surface area contributed by atoms with E-state index in [-0.39, 0.29) is 24.0 Å². The van der Waals surface area contributed by atoms with E-state index in [1.165, 1.54) is 6.07 Å². The summed E-state index contributed by atoms with van der Waals surface area (Å²) in [7, 11) is 0. The van der Waals surface area contributed by atoms with Crippen LogP contribution in [0.3, 0.4) is 0 Å². The number of carbonyl (C=O) groups excluding carboxylic acids is 2. The Kier molecular flexibility index (Phi) is 4.99. The molecule has 2 aromatic rings. The number of nitrogens with zero attached hydrogens (tertiary/aromatic N) is 3. The number of carbonyl (C=O) groups is 2. The van der Waals surface area contributed by atoms with Gasteiger partial charge in [0.15, 0.2) is 0 Å². The van der Waals surface area contributed by atoms with E-state index in [0.717, 1.165) is 25.9 Å². The van der Waals surface area contributed by atoms with Crippen molar-refractivity contribution in [1.82, 2.24) is 9.97 Å². The molecule has 1 atom stereocenters. The molecule has 4 rings (SSSR count). The molecule has 0 unspecified atom stereocenters. The van der Waals surface area contributed by atoms with Gasteiger partial charge in [-0.3, -0.25) is 9.59 Å². The molecule has 2 amide bonds. The lowest BCUT2D eigenvalue weighted by atomic mass is 9.92. The summed E-state index contributed by atoms with van der Waals surface area (Å²) in [6.07, 6.45) is 2.06. The minimum Gasteiger partial charge on any atom is -0.383 e. The highest BCUT2D eigenvalue weighted by Crippen LogP contribution is 2.37. The second kappa shape index (κ2) is 7.44. The van der Waals surface area contributed by atoms with E-state index in [1.807, 2.05) is 4.90 Å². The van der Waals surface area contributed by atoms with Gasteiger partial charge in [-0.15, -0.1) is 0 Å². The fraction of sp³-hybridized carbons (Fsp3) is 0.333. The normalized spacial score (nSPS) is 18.6. The van der Waals surface area contributed by atoms with Gasteiger partial charge in [0.05, 0.1) is 22.2 Å². The van der Waals surface area contributed by atoms with Gasteiger partial charge in [-0.1, -0.05) is 23.2 Å². The summed E-state index contributed by atoms with van der Waals surface area (Å²) in [5.74, 6) is -0.592. The average molecular weight is 421 g/mol. The molecule has 3 heterocycles. The fourth-order valence-corrected chi connectivity index (χ4v) is 3.93. The van der Waals surface area contributed by atoms with E-state index in [4.69, 9.17) is 28.9 Å². The monoisotopic (exact) mass is 420 g/mol. The number of hydrogen-bond acceptors (Lipinski definition) is 6. The quantitative estimate of drug-likeness (QED) is 0.702. The van der Waals surface area contributed by atoms with Crippen molar-refractivity contribution < 1.29 is 9.59 Å². The Balaban J connectivity index is 1.65. The summed E-state index contributed by atoms with van der Waals surface area (Å²) in [6.45, 7) is 1.68. The van der Waals surface area contributed by atoms with E-state index in [1.54, 1.807) is 12.1 Å². The van der Waals surface area contributed by atoms with Crippen molar-refractivity contribution in [3.63, 3.8) is 0 Å². The van der Waals surface area contributed by atoms with Crippen LogP contribution in [0.2, 0.25) is 10.0 Å². The molecule has 4 N–H and O–H groups in total. The number of fused-ring (bicyclic) bond motifs is 1. The Labute approximate surface area is 171 Å². The van der Waals surface area contributed by atoms with Gasteiger partial charge in [0.1, 0.15) is 11.6 Å². The third kappa shape index (κ3) is 3.57. The second-order valence-electron chi connectivity index (χ2n) is 6.78. The molecule has 0 saturated carbocycles. The number of hydrogen-bond donors (Lipinski definition) is 3. The number of halogens is 2. The topological polar surface area (TPSA) is 113 Å². The van der Waals surface area contributed by atoms with Crippen LogP contribution < -0.4 is 21.3 Å². The molecule has 0 radical (unpaired) electrons. The largest absolute Gasteiger partial charge is 0.383 e. The molecular weight excluding hydrogens is 403 g/mol. The Hall–Kier alpha value is -2.58. The van der Waals surface area contributed by atoms with Crippen molar-refractivity contribution in [1.29, 1.82) is 0 Å². The number of rotatable bonds is 3. The highest BCUT2D eigenvalue weighted by molar-refractivity contribution is 6.36. The summed E-state index contributed by atoms with van der Waals surface area (Å²) < 4.78 is 0. The zero-order chi connectivity index (χ0) is 19.8. The zero-order valence-electron chi connectivity index (χ0n) is 14.8. The molecule has 8 nitrogen and oxygen atoms in total. The highest BCUT2D eigenvalue weighted by Gasteiger charge is 2.35. The standard InChI is InChI=1S/C18H18Cl2N6O2/c19-9-3-4-12(11(20)7-9)22-17(28)10-8-13(27)23-16-14(10)15(21)24-18(25-16)26-5-1-2-6-26/h3-4,7,10H,1-2,5-6,8H2,(H,22,28)(H3,21,23,24,25,27)/t10-/m1/s1. The van der Waals surface area contributed by atoms with Crippen molar-refractivity contribution in [3.8, 4) is 0 Å². The maximum Gasteiger partial charge on any atom is 0.232 e. The Morgan fingerprint density at radius 3 is 2.71 bits per heavy atom. The third-order valence-electron chi connectivity index (χ3n) is 4.85. The van der Waals surface area contributed by atoms with Crippen molar-refractivity contribution in [3.05, 3.63) is 33.8 Å². The van der Waals surface area contributed by atoms with Gasteiger partial charge >= 0.3 is 0 Å². The lowest BCUT2D eigenvalue weighted by Crippen LogP contribution is -2.33. The lowest BCUT2D eigenvalue weighted by molar-refractivity contribution is -0.123. The van der Waals surface area contributed by atoms with Gasteiger partial charge in [-0.2, -0.15) is 9.97 Å². The molecule has 1 fully saturated rings. The lowest BCUT2D eigenvalue weighted by Gasteiger charge is -2.27. The molecule has 0 bridgehead atoms. The SMILES string of the molecule is Nc1nc(N2CCCC2)nc2c1[C@H](C(=O)Nc1ccc(Cl)cc1Cl)CC(=O)N2. The number of aromatic nitrogens is 2. The highest BCUT2D eigenvalue weighted by atomic mass is 35.5. The first-order valence-electron chi connectivity index (χ1n) is 8.90. The van der Waals surface area contributed by atoms with Crippen molar-refractivity contribution in [2.45, 2.75) is 25.2 Å². The Bertz CT molecular complexity index is 961. The minimum atomic E-state index is -0.817. The van der Waals surface area contributed by atoms with E-state index in [9.17, 15) is 9.59 Å². The molecule has 0 spiro atoms. The summed E-state index contributed by atoms with van der Waals surface area (Å²) in [5.41, 5.74) is 7.00. The van der Waals surface area contributed by atoms with Gasteiger partial charge < -0.3 is 21.3 Å². The number of nitrogens with one attached hydrogen (secondary N) is 2. The molecule has 10 heteroatoms. The first-order valence-corrected chi connectivity index (χ1v) is 9.66. The van der Waals surface area contributed by atoms with Crippen LogP contribution in [0.25, 0.3) is 0 Å². The number of nitrogen functional groups attached to an aromatic ring is 1. The molecule has 1 saturated heterocycles. The Morgan fingerprint density at radius 2 is 2.00 bits per heavy atom. The fourth-order valence-electron chi connectivity index (χ4n) is 3.48. The van der Waals surface area contributed by atoms with Crippen LogP contribution in [-0.4, -0.2) is 34.9 Å². The van der Waals surface area contributed by atoms with Crippen molar-refractivity contribution in [2.24, 2.45) is 0 Å². The van der Waals surface area contributed by atoms with Crippen molar-refractivity contribution in [2.75, 3.05) is 34.4 Å². The minimum absolute atomic E-state index is 0.0549. The molecule has 28 heavy (non-hydrogen) atoms. The van der Waals surface area contributed by atoms with E-state index >= 15 is 0 Å². The predicted octanol–water partition coefficient (Wildman–Crippen LogP) is 3.03. The Morgan fingerprint density at radius 1 is 1.25 bits per heavy atom. The smallest absolute Gasteiger partial charge is 0.232 e. The molecule has 2 aliphatic rings. The molecular formula is C18H18Cl2N6O2. The van der Waals surface area contributed by atoms with Crippen LogP contribution in [0, 0.1) is 0 Å². The maximum absolute atomic E-state index is 12.9. The number of nitrogens with two attached hydrogens (primary N) is 1. The second-order valence-corrected chi connectivity index (χ2v) is 7.63. The number of anilines is 4. The van der Waals surface area contributed by atoms with Crippen LogP contribution in [0.5, 0.6) is 0 Å². The van der Waals surface area contributed by atoms with Crippen molar-refractivity contribution >= 4 is 58.3 Å². The van der Waals surface area contributed by atoms with Gasteiger partial charge in [-0.25, -0.2) is 0 Å². The predicted molar refractivity (Wildman–Crippen MR) is 109 cm³/mol. The third-order valence-corrected chi connectivity index (χ3v) is 5.40. The van der Waals surface area contributed by atoms with E-state index < -0.39 is 11.8 Å². The molecule has 1 aromatic heterocycles. The maximum atomic E-state index is 12.9. The van der Waals surface area contributed by atoms with Crippen LogP contribution in [0.1, 0.15) is 30.7 Å². The summed E-state index contributed by atoms with van der Waals surface area (Å²) in [5, 5.41) is 6.20. The molecule has 2 aliphatic heterocycles. The van der Waals surface area contributed by atoms with E-state index in [0.29, 0.717) is 27.2 Å². The summed E-state index contributed by atoms with van der Waals surface area (Å²) in [4.78, 5) is 35.9. The number of amides is 2. The van der Waals surface area contributed by atoms with Crippen LogP contribution in [-0.2, 0) is 9.59 Å². The van der Waals surface area contributed by atoms with Gasteiger partial charge in [0.25, 0.3) is 0 Å². The van der Waals surface area contributed by atoms with Crippen LogP contribution >= 0.6 is 23.2 Å². The first kappa shape index (κ1) is 18.8. The average Bonchev–Trinajstić information content (AvgIpc) is 3.17. The van der Waals surface area contributed by atoms with Gasteiger partial charge in [-0.05, 0) is 31.0 Å². The summed E-state index contributed by atoms with van der Waals surface area (Å²) >= 11 is 12.0. The number of benzene rings is 1.